The normalized spacial score (nSPS) is 9.18. The first kappa shape index (κ1) is 7.67. The average Bonchev–Trinajstić information content (AvgIpc) is 1.98. The van der Waals surface area contributed by atoms with Crippen molar-refractivity contribution in [2.75, 3.05) is 0 Å². The monoisotopic (exact) mass is 150 g/mol. The first-order valence-electron chi connectivity index (χ1n) is 3.23. The molecule has 0 aromatic carbocycles. The summed E-state index contributed by atoms with van der Waals surface area (Å²) in [6, 6.07) is 4.76. The molecule has 0 radical (unpaired) electrons. The summed E-state index contributed by atoms with van der Waals surface area (Å²) in [6.45, 7) is 1.76. The van der Waals surface area contributed by atoms with Gasteiger partial charge in [-0.1, -0.05) is 0 Å². The number of pyridine rings is 1. The Kier molecular flexibility index (Phi) is 2.17. The lowest BCUT2D eigenvalue weighted by molar-refractivity contribution is 0.604. The van der Waals surface area contributed by atoms with Crippen LogP contribution in [-0.2, 0) is 6.42 Å². The minimum Gasteiger partial charge on any atom is -0.254 e. The molecule has 0 N–H and O–H groups in total. The summed E-state index contributed by atoms with van der Waals surface area (Å²) in [7, 11) is 0. The van der Waals surface area contributed by atoms with E-state index in [-0.39, 0.29) is 12.1 Å². The van der Waals surface area contributed by atoms with E-state index in [2.05, 4.69) is 4.98 Å². The summed E-state index contributed by atoms with van der Waals surface area (Å²) in [5.74, 6) is -0.405. The second kappa shape index (κ2) is 3.11. The quantitative estimate of drug-likeness (QED) is 0.609. The lowest BCUT2D eigenvalue weighted by Gasteiger charge is -1.96. The van der Waals surface area contributed by atoms with Crippen molar-refractivity contribution in [1.29, 1.82) is 5.26 Å². The highest BCUT2D eigenvalue weighted by molar-refractivity contribution is 5.15. The fourth-order valence-corrected chi connectivity index (χ4v) is 0.792. The summed E-state index contributed by atoms with van der Waals surface area (Å²) in [5, 5.41) is 8.28. The molecule has 0 unspecified atom stereocenters. The zero-order valence-corrected chi connectivity index (χ0v) is 6.13. The van der Waals surface area contributed by atoms with Crippen molar-refractivity contribution in [3.05, 3.63) is 29.3 Å². The summed E-state index contributed by atoms with van der Waals surface area (Å²) in [6.07, 6.45) is 0.0352. The lowest BCUT2D eigenvalue weighted by atomic mass is 10.2. The number of hydrogen-bond acceptors (Lipinski definition) is 2. The van der Waals surface area contributed by atoms with E-state index in [1.165, 1.54) is 6.07 Å². The predicted octanol–water partition coefficient (Wildman–Crippen LogP) is 1.60. The topological polar surface area (TPSA) is 36.7 Å². The molecule has 0 aliphatic heterocycles. The molecule has 1 aromatic heterocycles. The molecular weight excluding hydrogens is 143 g/mol. The van der Waals surface area contributed by atoms with Gasteiger partial charge in [0, 0.05) is 5.69 Å². The third kappa shape index (κ3) is 1.74. The van der Waals surface area contributed by atoms with Crippen molar-refractivity contribution in [2.24, 2.45) is 0 Å². The molecular formula is C8H7FN2. The number of nitrogens with zero attached hydrogens (tertiary/aromatic N) is 2. The van der Waals surface area contributed by atoms with Gasteiger partial charge in [-0.25, -0.2) is 4.39 Å². The molecule has 0 amide bonds. The van der Waals surface area contributed by atoms with E-state index in [0.717, 1.165) is 5.69 Å². The van der Waals surface area contributed by atoms with Gasteiger partial charge in [-0.05, 0) is 19.1 Å². The third-order valence-corrected chi connectivity index (χ3v) is 1.30. The van der Waals surface area contributed by atoms with Gasteiger partial charge in [-0.15, -0.1) is 0 Å². The number of hydrogen-bond donors (Lipinski definition) is 0. The van der Waals surface area contributed by atoms with Crippen LogP contribution in [0.1, 0.15) is 11.4 Å². The lowest BCUT2D eigenvalue weighted by Crippen LogP contribution is -1.94. The van der Waals surface area contributed by atoms with Crippen LogP contribution >= 0.6 is 0 Å². The smallest absolute Gasteiger partial charge is 0.145 e. The Labute approximate surface area is 64.3 Å². The Hall–Kier alpha value is -1.43. The Morgan fingerprint density at radius 1 is 1.64 bits per heavy atom. The van der Waals surface area contributed by atoms with Crippen LogP contribution in [0.15, 0.2) is 12.1 Å². The molecule has 0 spiro atoms. The maximum Gasteiger partial charge on any atom is 0.145 e. The van der Waals surface area contributed by atoms with Crippen molar-refractivity contribution in [3.8, 4) is 6.07 Å². The third-order valence-electron chi connectivity index (χ3n) is 1.30. The van der Waals surface area contributed by atoms with Crippen LogP contribution in [0.4, 0.5) is 4.39 Å². The highest BCUT2D eigenvalue weighted by atomic mass is 19.1. The van der Waals surface area contributed by atoms with Gasteiger partial charge in [-0.3, -0.25) is 4.98 Å². The maximum absolute atomic E-state index is 12.7. The first-order valence-corrected chi connectivity index (χ1v) is 3.23. The maximum atomic E-state index is 12.7. The van der Waals surface area contributed by atoms with Gasteiger partial charge in [-0.2, -0.15) is 5.26 Å². The van der Waals surface area contributed by atoms with E-state index in [1.54, 1.807) is 13.0 Å². The SMILES string of the molecule is Cc1ccc(F)c(CC#N)n1. The molecule has 2 nitrogen and oxygen atoms in total. The molecule has 0 atom stereocenters. The Morgan fingerprint density at radius 2 is 2.36 bits per heavy atom. The molecule has 0 saturated heterocycles. The van der Waals surface area contributed by atoms with E-state index in [0.29, 0.717) is 0 Å². The summed E-state index contributed by atoms with van der Waals surface area (Å²) in [4.78, 5) is 3.86. The molecule has 1 heterocycles. The van der Waals surface area contributed by atoms with Crippen molar-refractivity contribution >= 4 is 0 Å². The molecule has 0 bridgehead atoms. The predicted molar refractivity (Wildman–Crippen MR) is 38.2 cm³/mol. The van der Waals surface area contributed by atoms with Crippen molar-refractivity contribution < 1.29 is 4.39 Å². The molecule has 0 saturated carbocycles. The average molecular weight is 150 g/mol. The Balaban J connectivity index is 3.05. The van der Waals surface area contributed by atoms with Crippen LogP contribution < -0.4 is 0 Å². The second-order valence-electron chi connectivity index (χ2n) is 2.22. The van der Waals surface area contributed by atoms with Crippen LogP contribution in [0.2, 0.25) is 0 Å². The van der Waals surface area contributed by atoms with Gasteiger partial charge in [0.15, 0.2) is 0 Å². The van der Waals surface area contributed by atoms with Gasteiger partial charge in [0.05, 0.1) is 18.2 Å². The molecule has 0 fully saturated rings. The fourth-order valence-electron chi connectivity index (χ4n) is 0.792. The zero-order valence-electron chi connectivity index (χ0n) is 6.13. The highest BCUT2D eigenvalue weighted by Gasteiger charge is 2.01. The number of aromatic nitrogens is 1. The molecule has 1 rings (SSSR count). The van der Waals surface area contributed by atoms with Crippen LogP contribution in [0.3, 0.4) is 0 Å². The Morgan fingerprint density at radius 3 is 3.00 bits per heavy atom. The second-order valence-corrected chi connectivity index (χ2v) is 2.22. The number of rotatable bonds is 1. The van der Waals surface area contributed by atoms with Gasteiger partial charge >= 0.3 is 0 Å². The number of halogens is 1. The fraction of sp³-hybridized carbons (Fsp3) is 0.250. The Bertz CT molecular complexity index is 301. The van der Waals surface area contributed by atoms with E-state index in [9.17, 15) is 4.39 Å². The molecule has 0 aliphatic rings. The van der Waals surface area contributed by atoms with E-state index < -0.39 is 5.82 Å². The summed E-state index contributed by atoms with van der Waals surface area (Å²) < 4.78 is 12.7. The first-order chi connectivity index (χ1) is 5.24. The highest BCUT2D eigenvalue weighted by Crippen LogP contribution is 2.05. The number of nitriles is 1. The van der Waals surface area contributed by atoms with E-state index in [1.807, 2.05) is 6.07 Å². The van der Waals surface area contributed by atoms with Gasteiger partial charge < -0.3 is 0 Å². The molecule has 11 heavy (non-hydrogen) atoms. The van der Waals surface area contributed by atoms with Crippen molar-refractivity contribution in [3.63, 3.8) is 0 Å². The van der Waals surface area contributed by atoms with Crippen molar-refractivity contribution in [2.45, 2.75) is 13.3 Å². The minimum absolute atomic E-state index is 0.0352. The van der Waals surface area contributed by atoms with Crippen LogP contribution in [0, 0.1) is 24.1 Å². The van der Waals surface area contributed by atoms with Gasteiger partial charge in [0.1, 0.15) is 5.82 Å². The van der Waals surface area contributed by atoms with Crippen LogP contribution in [0.5, 0.6) is 0 Å². The summed E-state index contributed by atoms with van der Waals surface area (Å²) >= 11 is 0. The van der Waals surface area contributed by atoms with E-state index >= 15 is 0 Å². The van der Waals surface area contributed by atoms with Gasteiger partial charge in [0.2, 0.25) is 0 Å². The van der Waals surface area contributed by atoms with E-state index in [4.69, 9.17) is 5.26 Å². The summed E-state index contributed by atoms with van der Waals surface area (Å²) in [5.41, 5.74) is 0.962. The molecule has 0 aliphatic carbocycles. The largest absolute Gasteiger partial charge is 0.254 e. The van der Waals surface area contributed by atoms with Crippen LogP contribution in [0.25, 0.3) is 0 Å². The van der Waals surface area contributed by atoms with Crippen LogP contribution in [-0.4, -0.2) is 4.98 Å². The number of aryl methyl sites for hydroxylation is 1. The molecule has 56 valence electrons. The zero-order chi connectivity index (χ0) is 8.27. The van der Waals surface area contributed by atoms with Crippen molar-refractivity contribution in [1.82, 2.24) is 4.98 Å². The standard InChI is InChI=1S/C8H7FN2/c1-6-2-3-7(9)8(11-6)4-5-10/h2-3H,4H2,1H3. The molecule has 3 heteroatoms. The molecule has 1 aromatic rings. The van der Waals surface area contributed by atoms with Gasteiger partial charge in [0.25, 0.3) is 0 Å². The minimum atomic E-state index is -0.405.